The Hall–Kier alpha value is -2.51. The average Bonchev–Trinajstić information content (AvgIpc) is 2.67. The van der Waals surface area contributed by atoms with Gasteiger partial charge in [0.2, 0.25) is 12.3 Å². The van der Waals surface area contributed by atoms with Gasteiger partial charge in [-0.25, -0.2) is 8.78 Å². The minimum Gasteiger partial charge on any atom is -0.339 e. The van der Waals surface area contributed by atoms with Crippen molar-refractivity contribution in [3.63, 3.8) is 0 Å². The molecule has 156 valence electrons. The molecule has 8 heteroatoms. The topological polar surface area (TPSA) is 60.9 Å². The molecule has 0 radical (unpaired) electrons. The molecule has 0 atom stereocenters. The van der Waals surface area contributed by atoms with Gasteiger partial charge >= 0.3 is 0 Å². The van der Waals surface area contributed by atoms with Crippen LogP contribution >= 0.6 is 0 Å². The van der Waals surface area contributed by atoms with E-state index < -0.39 is 17.2 Å². The number of carbonyl (C=O) groups is 3. The zero-order chi connectivity index (χ0) is 20.8. The molecule has 0 unspecified atom stereocenters. The molecule has 2 heterocycles. The van der Waals surface area contributed by atoms with Crippen LogP contribution in [-0.2, 0) is 20.9 Å². The van der Waals surface area contributed by atoms with Gasteiger partial charge in [0.25, 0.3) is 5.91 Å². The fourth-order valence-electron chi connectivity index (χ4n) is 4.84. The number of rotatable bonds is 4. The van der Waals surface area contributed by atoms with E-state index in [0.29, 0.717) is 17.9 Å². The van der Waals surface area contributed by atoms with Gasteiger partial charge in [-0.15, -0.1) is 0 Å². The molecule has 3 aliphatic rings. The smallest absolute Gasteiger partial charge is 0.252 e. The van der Waals surface area contributed by atoms with Crippen molar-refractivity contribution in [3.8, 4) is 0 Å². The van der Waals surface area contributed by atoms with E-state index in [-0.39, 0.29) is 44.0 Å². The molecule has 1 aromatic carbocycles. The summed E-state index contributed by atoms with van der Waals surface area (Å²) in [5.74, 6) is -1.70. The lowest BCUT2D eigenvalue weighted by atomic mass is 9.80. The van der Waals surface area contributed by atoms with Gasteiger partial charge in [-0.05, 0) is 49.3 Å². The Balaban J connectivity index is 1.60. The molecule has 2 aliphatic heterocycles. The molecule has 1 spiro atoms. The fraction of sp³-hybridized carbons (Fsp3) is 0.571. The first-order valence-corrected chi connectivity index (χ1v) is 10.1. The zero-order valence-corrected chi connectivity index (χ0v) is 16.4. The lowest BCUT2D eigenvalue weighted by molar-refractivity contribution is -0.183. The molecule has 2 saturated heterocycles. The average molecular weight is 405 g/mol. The van der Waals surface area contributed by atoms with Crippen LogP contribution in [0.2, 0.25) is 0 Å². The molecule has 1 saturated carbocycles. The van der Waals surface area contributed by atoms with Crippen LogP contribution in [0.4, 0.5) is 8.78 Å². The van der Waals surface area contributed by atoms with Crippen molar-refractivity contribution in [2.24, 2.45) is 5.92 Å². The second kappa shape index (κ2) is 7.39. The van der Waals surface area contributed by atoms with Gasteiger partial charge in [-0.1, -0.05) is 13.0 Å². The van der Waals surface area contributed by atoms with Crippen LogP contribution in [0, 0.1) is 17.6 Å². The van der Waals surface area contributed by atoms with Gasteiger partial charge in [0.05, 0.1) is 13.1 Å². The summed E-state index contributed by atoms with van der Waals surface area (Å²) in [5.41, 5.74) is -0.710. The first kappa shape index (κ1) is 19.8. The maximum atomic E-state index is 13.6. The van der Waals surface area contributed by atoms with Gasteiger partial charge in [0, 0.05) is 12.6 Å². The molecule has 29 heavy (non-hydrogen) atoms. The molecular formula is C21H25F2N3O3. The van der Waals surface area contributed by atoms with Crippen molar-refractivity contribution in [2.75, 3.05) is 19.6 Å². The van der Waals surface area contributed by atoms with Crippen LogP contribution in [0.3, 0.4) is 0 Å². The van der Waals surface area contributed by atoms with E-state index in [0.717, 1.165) is 37.8 Å². The maximum absolute atomic E-state index is 13.6. The number of hydrogen-bond donors (Lipinski definition) is 0. The summed E-state index contributed by atoms with van der Waals surface area (Å²) < 4.78 is 26.9. The molecule has 6 nitrogen and oxygen atoms in total. The van der Waals surface area contributed by atoms with E-state index in [9.17, 15) is 23.2 Å². The van der Waals surface area contributed by atoms with Crippen LogP contribution in [-0.4, -0.2) is 64.1 Å². The Kier molecular flexibility index (Phi) is 5.04. The van der Waals surface area contributed by atoms with E-state index >= 15 is 0 Å². The predicted octanol–water partition coefficient (Wildman–Crippen LogP) is 1.93. The number of likely N-dealkylation sites (tertiary alicyclic amines) is 1. The van der Waals surface area contributed by atoms with Crippen molar-refractivity contribution >= 4 is 18.2 Å². The second-order valence-corrected chi connectivity index (χ2v) is 8.62. The summed E-state index contributed by atoms with van der Waals surface area (Å²) in [4.78, 5) is 42.3. The largest absolute Gasteiger partial charge is 0.339 e. The van der Waals surface area contributed by atoms with Crippen molar-refractivity contribution < 1.29 is 23.2 Å². The second-order valence-electron chi connectivity index (χ2n) is 8.62. The molecule has 4 rings (SSSR count). The van der Waals surface area contributed by atoms with Crippen LogP contribution in [0.5, 0.6) is 0 Å². The highest BCUT2D eigenvalue weighted by molar-refractivity contribution is 6.00. The number of amides is 3. The van der Waals surface area contributed by atoms with Gasteiger partial charge < -0.3 is 14.7 Å². The first-order chi connectivity index (χ1) is 13.8. The third-order valence-electron chi connectivity index (χ3n) is 6.61. The molecule has 1 aromatic rings. The lowest BCUT2D eigenvalue weighted by Gasteiger charge is -2.58. The summed E-state index contributed by atoms with van der Waals surface area (Å²) >= 11 is 0. The van der Waals surface area contributed by atoms with E-state index in [1.54, 1.807) is 4.90 Å². The number of carbonyl (C=O) groups excluding carboxylic acids is 3. The Bertz CT molecular complexity index is 832. The summed E-state index contributed by atoms with van der Waals surface area (Å²) in [6.45, 7) is 2.45. The van der Waals surface area contributed by atoms with Crippen molar-refractivity contribution in [1.82, 2.24) is 14.7 Å². The lowest BCUT2D eigenvalue weighted by Crippen LogP contribution is -2.80. The molecule has 1 aliphatic carbocycles. The van der Waals surface area contributed by atoms with Crippen LogP contribution in [0.15, 0.2) is 18.2 Å². The molecular weight excluding hydrogens is 380 g/mol. The first-order valence-electron chi connectivity index (χ1n) is 10.1. The fourth-order valence-corrected chi connectivity index (χ4v) is 4.84. The van der Waals surface area contributed by atoms with Crippen molar-refractivity contribution in [2.45, 2.75) is 50.7 Å². The zero-order valence-electron chi connectivity index (χ0n) is 16.4. The Morgan fingerprint density at radius 3 is 2.41 bits per heavy atom. The maximum Gasteiger partial charge on any atom is 0.252 e. The molecule has 3 fully saturated rings. The highest BCUT2D eigenvalue weighted by atomic mass is 19.2. The predicted molar refractivity (Wildman–Crippen MR) is 100 cm³/mol. The number of nitrogens with zero attached hydrogens (tertiary/aromatic N) is 3. The molecule has 3 amide bonds. The van der Waals surface area contributed by atoms with Crippen molar-refractivity contribution in [3.05, 3.63) is 35.4 Å². The number of hydrogen-bond acceptors (Lipinski definition) is 3. The minimum atomic E-state index is -1.12. The van der Waals surface area contributed by atoms with Gasteiger partial charge in [0.1, 0.15) is 6.54 Å². The highest BCUT2D eigenvalue weighted by Crippen LogP contribution is 2.37. The van der Waals surface area contributed by atoms with Crippen LogP contribution in [0.25, 0.3) is 0 Å². The number of piperazine rings is 1. The van der Waals surface area contributed by atoms with Crippen molar-refractivity contribution in [1.29, 1.82) is 0 Å². The molecule has 0 aromatic heterocycles. The Morgan fingerprint density at radius 1 is 1.10 bits per heavy atom. The Labute approximate surface area is 168 Å². The van der Waals surface area contributed by atoms with Gasteiger partial charge in [-0.3, -0.25) is 14.4 Å². The molecule has 0 N–H and O–H groups in total. The highest BCUT2D eigenvalue weighted by Gasteiger charge is 2.60. The summed E-state index contributed by atoms with van der Waals surface area (Å²) in [5, 5.41) is 0. The van der Waals surface area contributed by atoms with Gasteiger partial charge in [-0.2, -0.15) is 0 Å². The van der Waals surface area contributed by atoms with E-state index in [2.05, 4.69) is 6.92 Å². The number of halogens is 2. The SMILES string of the molecule is CC1CCC(N2CC(=O)N(Cc3ccc(F)c(F)c3)C3(CN(C=O)C3)C2=O)CC1. The monoisotopic (exact) mass is 405 g/mol. The third kappa shape index (κ3) is 3.38. The van der Waals surface area contributed by atoms with E-state index in [4.69, 9.17) is 0 Å². The quantitative estimate of drug-likeness (QED) is 0.720. The summed E-state index contributed by atoms with van der Waals surface area (Å²) in [7, 11) is 0. The molecule has 0 bridgehead atoms. The van der Waals surface area contributed by atoms with Crippen LogP contribution in [0.1, 0.15) is 38.2 Å². The van der Waals surface area contributed by atoms with E-state index in [1.165, 1.54) is 15.9 Å². The van der Waals surface area contributed by atoms with Crippen LogP contribution < -0.4 is 0 Å². The van der Waals surface area contributed by atoms with Gasteiger partial charge in [0.15, 0.2) is 17.2 Å². The summed E-state index contributed by atoms with van der Waals surface area (Å²) in [6.07, 6.45) is 4.46. The third-order valence-corrected chi connectivity index (χ3v) is 6.61. The summed E-state index contributed by atoms with van der Waals surface area (Å²) in [6, 6.07) is 3.51. The van der Waals surface area contributed by atoms with E-state index in [1.807, 2.05) is 0 Å². The number of benzene rings is 1. The normalized spacial score (nSPS) is 26.7. The minimum absolute atomic E-state index is 0.00398. The Morgan fingerprint density at radius 2 is 1.79 bits per heavy atom. The standard InChI is InChI=1S/C21H25F2N3O3/c1-14-2-5-16(6-3-14)25-10-19(28)26(9-15-4-7-17(22)18(23)8-15)21(20(25)29)11-24(12-21)13-27/h4,7-8,13-14,16H,2-3,5-6,9-12H2,1H3.